The van der Waals surface area contributed by atoms with Crippen LogP contribution in [0.2, 0.25) is 0 Å². The molecule has 1 saturated carbocycles. The van der Waals surface area contributed by atoms with Crippen LogP contribution < -0.4 is 10.5 Å². The molecule has 8 heteroatoms. The summed E-state index contributed by atoms with van der Waals surface area (Å²) in [6.45, 7) is 2.18. The zero-order valence-electron chi connectivity index (χ0n) is 11.7. The summed E-state index contributed by atoms with van der Waals surface area (Å²) in [5.74, 6) is 0.411. The number of nitrogens with two attached hydrogens (primary N) is 1. The van der Waals surface area contributed by atoms with Gasteiger partial charge in [0, 0.05) is 17.8 Å². The maximum Gasteiger partial charge on any atom is 0.331 e. The first-order valence-corrected chi connectivity index (χ1v) is 6.80. The standard InChI is InChI=1S/C13H18N4O4/c1-8-2-4-10(5-3-8)21-13-11(17(19)20)6-9(7-15-13)12(14)16-18/h6-8,10,18H,2-5H2,1H3,(H2,14,16). The second-order valence-electron chi connectivity index (χ2n) is 5.29. The molecule has 0 spiro atoms. The SMILES string of the molecule is CC1CCC(Oc2ncc(C(N)=NO)cc2[N+](=O)[O-])CC1. The number of nitro groups is 1. The number of amidine groups is 1. The minimum atomic E-state index is -0.581. The van der Waals surface area contributed by atoms with Gasteiger partial charge in [0.2, 0.25) is 0 Å². The number of oxime groups is 1. The van der Waals surface area contributed by atoms with Gasteiger partial charge in [-0.3, -0.25) is 10.1 Å². The molecule has 0 bridgehead atoms. The van der Waals surface area contributed by atoms with Crippen LogP contribution in [0.1, 0.15) is 38.2 Å². The Hall–Kier alpha value is -2.38. The minimum Gasteiger partial charge on any atom is -0.469 e. The molecule has 0 amide bonds. The Kier molecular flexibility index (Phi) is 4.56. The van der Waals surface area contributed by atoms with Crippen LogP contribution in [0.15, 0.2) is 17.4 Å². The van der Waals surface area contributed by atoms with Gasteiger partial charge in [0.25, 0.3) is 5.88 Å². The van der Waals surface area contributed by atoms with Gasteiger partial charge >= 0.3 is 5.69 Å². The van der Waals surface area contributed by atoms with Crippen molar-refractivity contribution in [2.24, 2.45) is 16.8 Å². The summed E-state index contributed by atoms with van der Waals surface area (Å²) in [5, 5.41) is 22.5. The van der Waals surface area contributed by atoms with Crippen molar-refractivity contribution in [3.05, 3.63) is 27.9 Å². The summed E-state index contributed by atoms with van der Waals surface area (Å²) in [5.41, 5.74) is 5.30. The van der Waals surface area contributed by atoms with Crippen LogP contribution in [-0.2, 0) is 0 Å². The monoisotopic (exact) mass is 294 g/mol. The highest BCUT2D eigenvalue weighted by molar-refractivity contribution is 5.97. The number of ether oxygens (including phenoxy) is 1. The predicted octanol–water partition coefficient (Wildman–Crippen LogP) is 2.04. The topological polar surface area (TPSA) is 124 Å². The van der Waals surface area contributed by atoms with Crippen molar-refractivity contribution in [1.82, 2.24) is 4.98 Å². The van der Waals surface area contributed by atoms with Crippen molar-refractivity contribution in [3.63, 3.8) is 0 Å². The molecule has 1 aromatic heterocycles. The van der Waals surface area contributed by atoms with Gasteiger partial charge in [0.1, 0.15) is 6.10 Å². The molecular formula is C13H18N4O4. The Morgan fingerprint density at radius 3 is 2.76 bits per heavy atom. The maximum atomic E-state index is 11.1. The van der Waals surface area contributed by atoms with Crippen LogP contribution >= 0.6 is 0 Å². The second-order valence-corrected chi connectivity index (χ2v) is 5.29. The highest BCUT2D eigenvalue weighted by Crippen LogP contribution is 2.31. The zero-order valence-corrected chi connectivity index (χ0v) is 11.7. The maximum absolute atomic E-state index is 11.1. The number of pyridine rings is 1. The van der Waals surface area contributed by atoms with E-state index in [-0.39, 0.29) is 29.1 Å². The Morgan fingerprint density at radius 2 is 2.19 bits per heavy atom. The molecule has 21 heavy (non-hydrogen) atoms. The normalized spacial score (nSPS) is 22.8. The Bertz CT molecular complexity index is 553. The summed E-state index contributed by atoms with van der Waals surface area (Å²) in [6.07, 6.45) is 5.05. The van der Waals surface area contributed by atoms with Gasteiger partial charge in [-0.05, 0) is 31.6 Å². The lowest BCUT2D eigenvalue weighted by Gasteiger charge is -2.26. The van der Waals surface area contributed by atoms with Crippen LogP contribution in [0.25, 0.3) is 0 Å². The van der Waals surface area contributed by atoms with E-state index in [0.29, 0.717) is 5.92 Å². The lowest BCUT2D eigenvalue weighted by Crippen LogP contribution is -2.24. The molecular weight excluding hydrogens is 276 g/mol. The molecule has 0 aromatic carbocycles. The molecule has 3 N–H and O–H groups in total. The molecule has 0 unspecified atom stereocenters. The van der Waals surface area contributed by atoms with Gasteiger partial charge in [-0.25, -0.2) is 4.98 Å². The lowest BCUT2D eigenvalue weighted by molar-refractivity contribution is -0.386. The van der Waals surface area contributed by atoms with E-state index < -0.39 is 4.92 Å². The number of hydrogen-bond acceptors (Lipinski definition) is 6. The Morgan fingerprint density at radius 1 is 1.52 bits per heavy atom. The van der Waals surface area contributed by atoms with Crippen molar-refractivity contribution < 1.29 is 14.9 Å². The first-order chi connectivity index (χ1) is 10.0. The van der Waals surface area contributed by atoms with Crippen LogP contribution in [0.3, 0.4) is 0 Å². The molecule has 0 radical (unpaired) electrons. The third-order valence-corrected chi connectivity index (χ3v) is 3.67. The fraction of sp³-hybridized carbons (Fsp3) is 0.538. The van der Waals surface area contributed by atoms with Crippen molar-refractivity contribution in [1.29, 1.82) is 0 Å². The van der Waals surface area contributed by atoms with Gasteiger partial charge < -0.3 is 15.7 Å². The first-order valence-electron chi connectivity index (χ1n) is 6.80. The molecule has 0 atom stereocenters. The number of aromatic nitrogens is 1. The fourth-order valence-corrected chi connectivity index (χ4v) is 2.37. The molecule has 1 aliphatic carbocycles. The molecule has 8 nitrogen and oxygen atoms in total. The summed E-state index contributed by atoms with van der Waals surface area (Å²) in [4.78, 5) is 14.5. The second kappa shape index (κ2) is 6.38. The van der Waals surface area contributed by atoms with Crippen LogP contribution in [0.5, 0.6) is 5.88 Å². The van der Waals surface area contributed by atoms with Crippen LogP contribution in [-0.4, -0.2) is 27.1 Å². The van der Waals surface area contributed by atoms with E-state index in [4.69, 9.17) is 15.7 Å². The van der Waals surface area contributed by atoms with E-state index >= 15 is 0 Å². The van der Waals surface area contributed by atoms with E-state index in [0.717, 1.165) is 25.7 Å². The van der Waals surface area contributed by atoms with E-state index in [1.165, 1.54) is 12.3 Å². The van der Waals surface area contributed by atoms with E-state index in [9.17, 15) is 10.1 Å². The number of rotatable bonds is 4. The van der Waals surface area contributed by atoms with Crippen molar-refractivity contribution in [2.45, 2.75) is 38.7 Å². The number of nitrogens with zero attached hydrogens (tertiary/aromatic N) is 3. The van der Waals surface area contributed by atoms with E-state index in [1.807, 2.05) is 0 Å². The van der Waals surface area contributed by atoms with Gasteiger partial charge in [0.15, 0.2) is 5.84 Å². The first kappa shape index (κ1) is 15.0. The van der Waals surface area contributed by atoms with E-state index in [1.54, 1.807) is 0 Å². The van der Waals surface area contributed by atoms with Gasteiger partial charge in [-0.15, -0.1) is 0 Å². The third kappa shape index (κ3) is 3.59. The van der Waals surface area contributed by atoms with Gasteiger partial charge in [-0.2, -0.15) is 0 Å². The zero-order chi connectivity index (χ0) is 15.4. The number of hydrogen-bond donors (Lipinski definition) is 2. The largest absolute Gasteiger partial charge is 0.469 e. The van der Waals surface area contributed by atoms with Gasteiger partial charge in [-0.1, -0.05) is 12.1 Å². The highest BCUT2D eigenvalue weighted by atomic mass is 16.6. The summed E-state index contributed by atoms with van der Waals surface area (Å²) < 4.78 is 5.67. The van der Waals surface area contributed by atoms with E-state index in [2.05, 4.69) is 17.1 Å². The molecule has 1 aromatic rings. The lowest BCUT2D eigenvalue weighted by atomic mass is 9.89. The average Bonchev–Trinajstić information content (AvgIpc) is 2.49. The Labute approximate surface area is 121 Å². The van der Waals surface area contributed by atoms with Crippen molar-refractivity contribution in [3.8, 4) is 5.88 Å². The average molecular weight is 294 g/mol. The van der Waals surface area contributed by atoms with Crippen LogP contribution in [0.4, 0.5) is 5.69 Å². The third-order valence-electron chi connectivity index (χ3n) is 3.67. The van der Waals surface area contributed by atoms with Gasteiger partial charge in [0.05, 0.1) is 4.92 Å². The van der Waals surface area contributed by atoms with Crippen molar-refractivity contribution >= 4 is 11.5 Å². The van der Waals surface area contributed by atoms with Crippen LogP contribution in [0, 0.1) is 16.0 Å². The predicted molar refractivity (Wildman–Crippen MR) is 75.5 cm³/mol. The molecule has 2 rings (SSSR count). The molecule has 0 aliphatic heterocycles. The smallest absolute Gasteiger partial charge is 0.331 e. The molecule has 1 heterocycles. The fourth-order valence-electron chi connectivity index (χ4n) is 2.37. The molecule has 0 saturated heterocycles. The highest BCUT2D eigenvalue weighted by Gasteiger charge is 2.25. The molecule has 114 valence electrons. The quantitative estimate of drug-likeness (QED) is 0.288. The molecule has 1 fully saturated rings. The molecule has 1 aliphatic rings. The summed E-state index contributed by atoms with van der Waals surface area (Å²) >= 11 is 0. The summed E-state index contributed by atoms with van der Waals surface area (Å²) in [7, 11) is 0. The summed E-state index contributed by atoms with van der Waals surface area (Å²) in [6, 6.07) is 1.20. The minimum absolute atomic E-state index is 0.0194. The van der Waals surface area contributed by atoms with Crippen molar-refractivity contribution in [2.75, 3.05) is 0 Å². The Balaban J connectivity index is 2.21.